The van der Waals surface area contributed by atoms with Gasteiger partial charge in [0.15, 0.2) is 0 Å². The van der Waals surface area contributed by atoms with Crippen molar-refractivity contribution in [1.29, 1.82) is 5.26 Å². The van der Waals surface area contributed by atoms with Gasteiger partial charge in [-0.15, -0.1) is 0 Å². The van der Waals surface area contributed by atoms with Crippen LogP contribution in [0.15, 0.2) is 6.07 Å². The van der Waals surface area contributed by atoms with Gasteiger partial charge in [0.25, 0.3) is 6.43 Å². The quantitative estimate of drug-likeness (QED) is 0.767. The molecule has 14 heavy (non-hydrogen) atoms. The molecule has 74 valence electrons. The number of rotatable bonds is 2. The predicted octanol–water partition coefficient (Wildman–Crippen LogP) is 3.09. The van der Waals surface area contributed by atoms with Crippen molar-refractivity contribution in [2.24, 2.45) is 0 Å². The van der Waals surface area contributed by atoms with Crippen molar-refractivity contribution in [3.05, 3.63) is 28.6 Å². The molecule has 5 heteroatoms. The molecule has 2 nitrogen and oxygen atoms in total. The van der Waals surface area contributed by atoms with E-state index in [1.165, 1.54) is 6.07 Å². The zero-order valence-electron chi connectivity index (χ0n) is 7.39. The third-order valence-electron chi connectivity index (χ3n) is 1.77. The summed E-state index contributed by atoms with van der Waals surface area (Å²) in [5.41, 5.74) is 0.593. The molecular weight excluding hydrogens is 254 g/mol. The van der Waals surface area contributed by atoms with Crippen LogP contribution in [0.3, 0.4) is 0 Å². The van der Waals surface area contributed by atoms with Gasteiger partial charge < -0.3 is 0 Å². The lowest BCUT2D eigenvalue weighted by atomic mass is 10.1. The highest BCUT2D eigenvalue weighted by molar-refractivity contribution is 9.08. The third kappa shape index (κ3) is 2.07. The molecule has 1 aromatic heterocycles. The highest BCUT2D eigenvalue weighted by Crippen LogP contribution is 2.25. The Kier molecular flexibility index (Phi) is 3.53. The number of hydrogen-bond donors (Lipinski definition) is 0. The van der Waals surface area contributed by atoms with Crippen LogP contribution in [0.5, 0.6) is 0 Å². The van der Waals surface area contributed by atoms with Crippen molar-refractivity contribution in [2.75, 3.05) is 0 Å². The first-order chi connectivity index (χ1) is 6.60. The van der Waals surface area contributed by atoms with Crippen LogP contribution in [0, 0.1) is 18.3 Å². The lowest BCUT2D eigenvalue weighted by Crippen LogP contribution is -2.00. The Balaban J connectivity index is 3.37. The van der Waals surface area contributed by atoms with Crippen molar-refractivity contribution in [3.63, 3.8) is 0 Å². The summed E-state index contributed by atoms with van der Waals surface area (Å²) in [5.74, 6) is 0. The van der Waals surface area contributed by atoms with Crippen LogP contribution < -0.4 is 0 Å². The Labute approximate surface area is 88.7 Å². The molecule has 0 amide bonds. The molecule has 0 N–H and O–H groups in total. The van der Waals surface area contributed by atoms with E-state index in [2.05, 4.69) is 20.9 Å². The van der Waals surface area contributed by atoms with Crippen molar-refractivity contribution in [3.8, 4) is 6.07 Å². The van der Waals surface area contributed by atoms with Gasteiger partial charge >= 0.3 is 0 Å². The van der Waals surface area contributed by atoms with Crippen LogP contribution in [0.1, 0.15) is 28.9 Å². The summed E-state index contributed by atoms with van der Waals surface area (Å²) in [6.07, 6.45) is -2.64. The second kappa shape index (κ2) is 4.47. The highest BCUT2D eigenvalue weighted by Gasteiger charge is 2.16. The maximum absolute atomic E-state index is 12.5. The molecule has 1 aromatic rings. The van der Waals surface area contributed by atoms with Crippen LogP contribution in [0.4, 0.5) is 8.78 Å². The Morgan fingerprint density at radius 1 is 1.64 bits per heavy atom. The average Bonchev–Trinajstić information content (AvgIpc) is 2.16. The van der Waals surface area contributed by atoms with E-state index in [1.54, 1.807) is 13.0 Å². The van der Waals surface area contributed by atoms with Gasteiger partial charge in [0.1, 0.15) is 6.07 Å². The van der Waals surface area contributed by atoms with Crippen LogP contribution in [-0.2, 0) is 5.33 Å². The topological polar surface area (TPSA) is 36.7 Å². The molecule has 0 aliphatic rings. The number of alkyl halides is 3. The van der Waals surface area contributed by atoms with Crippen molar-refractivity contribution >= 4 is 15.9 Å². The lowest BCUT2D eigenvalue weighted by molar-refractivity contribution is 0.150. The molecule has 0 aromatic carbocycles. The molecule has 1 rings (SSSR count). The minimum absolute atomic E-state index is 0.0234. The van der Waals surface area contributed by atoms with Crippen molar-refractivity contribution < 1.29 is 8.78 Å². The second-order valence-electron chi connectivity index (χ2n) is 2.71. The van der Waals surface area contributed by atoms with Gasteiger partial charge in [-0.25, -0.2) is 8.78 Å². The maximum Gasteiger partial charge on any atom is 0.265 e. The molecule has 0 unspecified atom stereocenters. The third-order valence-corrected chi connectivity index (χ3v) is 2.34. The molecule has 0 fully saturated rings. The average molecular weight is 261 g/mol. The highest BCUT2D eigenvalue weighted by atomic mass is 79.9. The molecule has 0 spiro atoms. The van der Waals surface area contributed by atoms with Crippen molar-refractivity contribution in [1.82, 2.24) is 4.98 Å². The van der Waals surface area contributed by atoms with E-state index >= 15 is 0 Å². The molecule has 0 saturated heterocycles. The first-order valence-electron chi connectivity index (χ1n) is 3.84. The fraction of sp³-hybridized carbons (Fsp3) is 0.333. The molecule has 0 bridgehead atoms. The summed E-state index contributed by atoms with van der Waals surface area (Å²) < 4.78 is 25.0. The van der Waals surface area contributed by atoms with Gasteiger partial charge in [0.2, 0.25) is 0 Å². The van der Waals surface area contributed by atoms with Gasteiger partial charge in [0.05, 0.1) is 17.0 Å². The normalized spacial score (nSPS) is 10.3. The molecule has 1 heterocycles. The Bertz CT molecular complexity index is 385. The van der Waals surface area contributed by atoms with Crippen LogP contribution in [-0.4, -0.2) is 4.98 Å². The van der Waals surface area contributed by atoms with E-state index < -0.39 is 6.43 Å². The predicted molar refractivity (Wildman–Crippen MR) is 51.3 cm³/mol. The van der Waals surface area contributed by atoms with Gasteiger partial charge in [-0.05, 0) is 13.0 Å². The van der Waals surface area contributed by atoms with Gasteiger partial charge in [-0.2, -0.15) is 5.26 Å². The summed E-state index contributed by atoms with van der Waals surface area (Å²) in [7, 11) is 0. The number of hydrogen-bond acceptors (Lipinski definition) is 2. The molecule has 0 saturated carbocycles. The monoisotopic (exact) mass is 260 g/mol. The summed E-state index contributed by atoms with van der Waals surface area (Å²) in [5, 5.41) is 9.08. The molecule has 0 aliphatic heterocycles. The number of aromatic nitrogens is 1. The smallest absolute Gasteiger partial charge is 0.256 e. The van der Waals surface area contributed by atoms with Gasteiger partial charge in [-0.1, -0.05) is 15.9 Å². The summed E-state index contributed by atoms with van der Waals surface area (Å²) >= 11 is 3.13. The summed E-state index contributed by atoms with van der Waals surface area (Å²) in [6, 6.07) is 2.99. The van der Waals surface area contributed by atoms with E-state index in [1.807, 2.05) is 0 Å². The maximum atomic E-state index is 12.5. The minimum atomic E-state index is -2.64. The summed E-state index contributed by atoms with van der Waals surface area (Å²) in [6.45, 7) is 1.55. The van der Waals surface area contributed by atoms with Gasteiger partial charge in [-0.3, -0.25) is 4.98 Å². The van der Waals surface area contributed by atoms with E-state index in [9.17, 15) is 8.78 Å². The Hall–Kier alpha value is -1.02. The number of halogens is 3. The Morgan fingerprint density at radius 3 is 2.71 bits per heavy atom. The van der Waals surface area contributed by atoms with E-state index in [4.69, 9.17) is 5.26 Å². The number of nitriles is 1. The number of nitrogens with zero attached hydrogens (tertiary/aromatic N) is 2. The van der Waals surface area contributed by atoms with Gasteiger partial charge in [0, 0.05) is 10.9 Å². The second-order valence-corrected chi connectivity index (χ2v) is 3.27. The van der Waals surface area contributed by atoms with E-state index in [0.29, 0.717) is 16.7 Å². The zero-order chi connectivity index (χ0) is 10.7. The zero-order valence-corrected chi connectivity index (χ0v) is 8.98. The number of pyridine rings is 1. The first kappa shape index (κ1) is 11.1. The van der Waals surface area contributed by atoms with Crippen molar-refractivity contribution in [2.45, 2.75) is 18.7 Å². The lowest BCUT2D eigenvalue weighted by Gasteiger charge is -2.07. The van der Waals surface area contributed by atoms with E-state index in [0.717, 1.165) is 0 Å². The molecule has 0 aliphatic carbocycles. The SMILES string of the molecule is Cc1nc(CBr)cc(C(F)F)c1C#N. The summed E-state index contributed by atoms with van der Waals surface area (Å²) in [4.78, 5) is 4.00. The van der Waals surface area contributed by atoms with Crippen LogP contribution in [0.25, 0.3) is 0 Å². The molecular formula is C9H7BrF2N2. The minimum Gasteiger partial charge on any atom is -0.256 e. The fourth-order valence-electron chi connectivity index (χ4n) is 1.15. The Morgan fingerprint density at radius 2 is 2.29 bits per heavy atom. The molecule has 0 radical (unpaired) electrons. The first-order valence-corrected chi connectivity index (χ1v) is 4.97. The van der Waals surface area contributed by atoms with Crippen LogP contribution in [0.2, 0.25) is 0 Å². The number of aryl methyl sites for hydroxylation is 1. The van der Waals surface area contributed by atoms with E-state index in [-0.39, 0.29) is 11.1 Å². The largest absolute Gasteiger partial charge is 0.265 e. The fourth-order valence-corrected chi connectivity index (χ4v) is 1.44. The molecule has 0 atom stereocenters. The standard InChI is InChI=1S/C9H7BrF2N2/c1-5-8(4-13)7(9(11)12)2-6(3-10)14-5/h2,9H,3H2,1H3. The van der Waals surface area contributed by atoms with Crippen LogP contribution >= 0.6 is 15.9 Å².